The summed E-state index contributed by atoms with van der Waals surface area (Å²) in [5.74, 6) is 0. The molecule has 1 rings (SSSR count). The predicted molar refractivity (Wildman–Crippen MR) is 53.7 cm³/mol. The van der Waals surface area contributed by atoms with Crippen LogP contribution in [0.2, 0.25) is 0 Å². The molecule has 2 nitrogen and oxygen atoms in total. The summed E-state index contributed by atoms with van der Waals surface area (Å²) >= 11 is 0. The molecule has 0 aliphatic carbocycles. The molecule has 0 saturated carbocycles. The SMILES string of the molecule is CN(C)c1cc(CN)cc(C(F)(F)F)c1. The summed E-state index contributed by atoms with van der Waals surface area (Å²) in [6, 6.07) is 3.83. The number of anilines is 1. The lowest BCUT2D eigenvalue weighted by Gasteiger charge is -2.16. The van der Waals surface area contributed by atoms with E-state index in [9.17, 15) is 13.2 Å². The monoisotopic (exact) mass is 218 g/mol. The van der Waals surface area contributed by atoms with Crippen molar-refractivity contribution in [2.45, 2.75) is 12.7 Å². The van der Waals surface area contributed by atoms with E-state index in [1.54, 1.807) is 25.1 Å². The fourth-order valence-electron chi connectivity index (χ4n) is 1.21. The van der Waals surface area contributed by atoms with E-state index in [0.717, 1.165) is 12.1 Å². The van der Waals surface area contributed by atoms with Crippen LogP contribution in [0.3, 0.4) is 0 Å². The molecule has 1 aromatic carbocycles. The summed E-state index contributed by atoms with van der Waals surface area (Å²) in [4.78, 5) is 1.62. The molecule has 0 heterocycles. The standard InChI is InChI=1S/C10H13F3N2/c1-15(2)9-4-7(6-14)3-8(5-9)10(11,12)13/h3-5H,6,14H2,1-2H3. The van der Waals surface area contributed by atoms with Crippen LogP contribution in [-0.2, 0) is 12.7 Å². The zero-order valence-electron chi connectivity index (χ0n) is 8.60. The van der Waals surface area contributed by atoms with Crippen LogP contribution >= 0.6 is 0 Å². The summed E-state index contributed by atoms with van der Waals surface area (Å²) in [5.41, 5.74) is 5.67. The van der Waals surface area contributed by atoms with Gasteiger partial charge in [0.1, 0.15) is 0 Å². The molecule has 0 fully saturated rings. The van der Waals surface area contributed by atoms with Gasteiger partial charge in [-0.2, -0.15) is 13.2 Å². The van der Waals surface area contributed by atoms with Crippen molar-refractivity contribution in [3.05, 3.63) is 29.3 Å². The number of halogens is 3. The van der Waals surface area contributed by atoms with Crippen LogP contribution in [0, 0.1) is 0 Å². The maximum absolute atomic E-state index is 12.5. The van der Waals surface area contributed by atoms with Gasteiger partial charge < -0.3 is 10.6 Å². The van der Waals surface area contributed by atoms with Crippen molar-refractivity contribution in [2.24, 2.45) is 5.73 Å². The van der Waals surface area contributed by atoms with Crippen LogP contribution in [-0.4, -0.2) is 14.1 Å². The van der Waals surface area contributed by atoms with E-state index in [2.05, 4.69) is 0 Å². The Labute approximate surface area is 86.5 Å². The molecule has 15 heavy (non-hydrogen) atoms. The highest BCUT2D eigenvalue weighted by atomic mass is 19.4. The molecule has 0 aliphatic rings. The van der Waals surface area contributed by atoms with E-state index < -0.39 is 11.7 Å². The lowest BCUT2D eigenvalue weighted by atomic mass is 10.1. The van der Waals surface area contributed by atoms with Crippen molar-refractivity contribution in [1.29, 1.82) is 0 Å². The summed E-state index contributed by atoms with van der Waals surface area (Å²) in [6.07, 6.45) is -4.32. The van der Waals surface area contributed by atoms with Crippen molar-refractivity contribution in [1.82, 2.24) is 0 Å². The Bertz CT molecular complexity index is 345. The van der Waals surface area contributed by atoms with Crippen molar-refractivity contribution < 1.29 is 13.2 Å². The third-order valence-corrected chi connectivity index (χ3v) is 2.06. The minimum atomic E-state index is -4.32. The summed E-state index contributed by atoms with van der Waals surface area (Å²) in [6.45, 7) is 0.102. The molecule has 2 N–H and O–H groups in total. The number of nitrogens with two attached hydrogens (primary N) is 1. The molecule has 0 bridgehead atoms. The van der Waals surface area contributed by atoms with Gasteiger partial charge in [-0.05, 0) is 23.8 Å². The summed E-state index contributed by atoms with van der Waals surface area (Å²) in [7, 11) is 3.38. The largest absolute Gasteiger partial charge is 0.416 e. The summed E-state index contributed by atoms with van der Waals surface area (Å²) in [5, 5.41) is 0. The van der Waals surface area contributed by atoms with E-state index in [1.165, 1.54) is 0 Å². The molecule has 0 amide bonds. The average Bonchev–Trinajstić information content (AvgIpc) is 2.15. The first kappa shape index (κ1) is 11.8. The number of nitrogens with zero attached hydrogens (tertiary/aromatic N) is 1. The molecule has 0 saturated heterocycles. The Balaban J connectivity index is 3.23. The van der Waals surface area contributed by atoms with Crippen LogP contribution in [0.25, 0.3) is 0 Å². The zero-order valence-corrected chi connectivity index (χ0v) is 8.60. The number of benzene rings is 1. The molecular formula is C10H13F3N2. The summed E-state index contributed by atoms with van der Waals surface area (Å²) < 4.78 is 37.5. The Kier molecular flexibility index (Phi) is 3.24. The van der Waals surface area contributed by atoms with Gasteiger partial charge in [-0.25, -0.2) is 0 Å². The number of hydrogen-bond acceptors (Lipinski definition) is 2. The van der Waals surface area contributed by atoms with E-state index >= 15 is 0 Å². The van der Waals surface area contributed by atoms with E-state index in [4.69, 9.17) is 5.73 Å². The van der Waals surface area contributed by atoms with E-state index in [-0.39, 0.29) is 6.54 Å². The Morgan fingerprint density at radius 1 is 1.20 bits per heavy atom. The first-order valence-electron chi connectivity index (χ1n) is 4.43. The molecule has 0 aromatic heterocycles. The van der Waals surface area contributed by atoms with Gasteiger partial charge in [0.05, 0.1) is 5.56 Å². The molecule has 5 heteroatoms. The second-order valence-corrected chi connectivity index (χ2v) is 3.48. The van der Waals surface area contributed by atoms with Crippen molar-refractivity contribution in [2.75, 3.05) is 19.0 Å². The quantitative estimate of drug-likeness (QED) is 0.824. The number of alkyl halides is 3. The lowest BCUT2D eigenvalue weighted by molar-refractivity contribution is -0.137. The number of rotatable bonds is 2. The van der Waals surface area contributed by atoms with Crippen LogP contribution in [0.15, 0.2) is 18.2 Å². The second-order valence-electron chi connectivity index (χ2n) is 3.48. The molecule has 84 valence electrons. The molecule has 0 aliphatic heterocycles. The topological polar surface area (TPSA) is 29.3 Å². The van der Waals surface area contributed by atoms with Gasteiger partial charge >= 0.3 is 6.18 Å². The minimum Gasteiger partial charge on any atom is -0.378 e. The van der Waals surface area contributed by atoms with Crippen molar-refractivity contribution in [3.8, 4) is 0 Å². The van der Waals surface area contributed by atoms with Crippen LogP contribution in [0.4, 0.5) is 18.9 Å². The Morgan fingerprint density at radius 3 is 2.20 bits per heavy atom. The predicted octanol–water partition coefficient (Wildman–Crippen LogP) is 2.23. The Hall–Kier alpha value is -1.23. The third-order valence-electron chi connectivity index (χ3n) is 2.06. The van der Waals surface area contributed by atoms with E-state index in [1.807, 2.05) is 0 Å². The highest BCUT2D eigenvalue weighted by Crippen LogP contribution is 2.32. The van der Waals surface area contributed by atoms with Crippen LogP contribution in [0.1, 0.15) is 11.1 Å². The van der Waals surface area contributed by atoms with Gasteiger partial charge in [0.15, 0.2) is 0 Å². The molecule has 0 radical (unpaired) electrons. The third kappa shape index (κ3) is 2.86. The fourth-order valence-corrected chi connectivity index (χ4v) is 1.21. The van der Waals surface area contributed by atoms with Gasteiger partial charge in [0, 0.05) is 26.3 Å². The van der Waals surface area contributed by atoms with Crippen LogP contribution in [0.5, 0.6) is 0 Å². The van der Waals surface area contributed by atoms with Crippen LogP contribution < -0.4 is 10.6 Å². The highest BCUT2D eigenvalue weighted by Gasteiger charge is 2.31. The maximum atomic E-state index is 12.5. The first-order chi connectivity index (χ1) is 6.84. The minimum absolute atomic E-state index is 0.102. The Morgan fingerprint density at radius 2 is 1.80 bits per heavy atom. The molecule has 0 spiro atoms. The molecule has 1 aromatic rings. The molecule has 0 atom stereocenters. The number of hydrogen-bond donors (Lipinski definition) is 1. The van der Waals surface area contributed by atoms with Crippen molar-refractivity contribution >= 4 is 5.69 Å². The van der Waals surface area contributed by atoms with E-state index in [0.29, 0.717) is 11.3 Å². The lowest BCUT2D eigenvalue weighted by Crippen LogP contribution is -2.13. The van der Waals surface area contributed by atoms with Crippen molar-refractivity contribution in [3.63, 3.8) is 0 Å². The smallest absolute Gasteiger partial charge is 0.378 e. The van der Waals surface area contributed by atoms with Gasteiger partial charge in [-0.1, -0.05) is 0 Å². The normalized spacial score (nSPS) is 11.6. The van der Waals surface area contributed by atoms with Gasteiger partial charge in [0.25, 0.3) is 0 Å². The molecular weight excluding hydrogens is 205 g/mol. The van der Waals surface area contributed by atoms with Gasteiger partial charge in [-0.15, -0.1) is 0 Å². The molecule has 0 unspecified atom stereocenters. The van der Waals surface area contributed by atoms with Gasteiger partial charge in [0.2, 0.25) is 0 Å². The second kappa shape index (κ2) is 4.10. The zero-order chi connectivity index (χ0) is 11.6. The van der Waals surface area contributed by atoms with Gasteiger partial charge in [-0.3, -0.25) is 0 Å². The highest BCUT2D eigenvalue weighted by molar-refractivity contribution is 5.50. The first-order valence-corrected chi connectivity index (χ1v) is 4.43. The average molecular weight is 218 g/mol. The fraction of sp³-hybridized carbons (Fsp3) is 0.400. The maximum Gasteiger partial charge on any atom is 0.416 e.